The number of nitrogens with zero attached hydrogens (tertiary/aromatic N) is 3. The van der Waals surface area contributed by atoms with Gasteiger partial charge >= 0.3 is 0 Å². The Morgan fingerprint density at radius 3 is 2.76 bits per heavy atom. The van der Waals surface area contributed by atoms with E-state index in [-0.39, 0.29) is 6.10 Å². The molecule has 4 rings (SSSR count). The van der Waals surface area contributed by atoms with Gasteiger partial charge in [0.05, 0.1) is 32.1 Å². The average molecular weight is 474 g/mol. The fourth-order valence-corrected chi connectivity index (χ4v) is 4.42. The molecule has 7 nitrogen and oxygen atoms in total. The van der Waals surface area contributed by atoms with Crippen molar-refractivity contribution in [3.63, 3.8) is 0 Å². The van der Waals surface area contributed by atoms with Crippen molar-refractivity contribution < 1.29 is 19.4 Å². The Labute approximate surface area is 200 Å². The normalized spacial score (nSPS) is 19.9. The molecule has 2 aliphatic rings. The van der Waals surface area contributed by atoms with Crippen LogP contribution in [0.25, 0.3) is 0 Å². The van der Waals surface area contributed by atoms with E-state index in [0.29, 0.717) is 31.2 Å². The minimum Gasteiger partial charge on any atom is -0.497 e. The van der Waals surface area contributed by atoms with Gasteiger partial charge in [-0.2, -0.15) is 0 Å². The van der Waals surface area contributed by atoms with E-state index in [1.54, 1.807) is 7.11 Å². The average Bonchev–Trinajstić information content (AvgIpc) is 3.28. The Morgan fingerprint density at radius 2 is 2.00 bits per heavy atom. The molecular weight excluding hydrogens is 442 g/mol. The lowest BCUT2D eigenvalue weighted by Gasteiger charge is -2.31. The fourth-order valence-electron chi connectivity index (χ4n) is 4.30. The van der Waals surface area contributed by atoms with Gasteiger partial charge in [0.1, 0.15) is 11.9 Å². The molecule has 2 heterocycles. The number of morpholine rings is 1. The third-order valence-electron chi connectivity index (χ3n) is 5.95. The molecule has 2 aromatic rings. The summed E-state index contributed by atoms with van der Waals surface area (Å²) in [5.74, 6) is 0.826. The summed E-state index contributed by atoms with van der Waals surface area (Å²) in [7, 11) is 1.67. The van der Waals surface area contributed by atoms with Gasteiger partial charge < -0.3 is 19.4 Å². The number of β-amino-alcohol motifs (C(OH)–C–C–N with tert-alkyl or cyclic N) is 1. The highest BCUT2D eigenvalue weighted by Crippen LogP contribution is 2.21. The van der Waals surface area contributed by atoms with Crippen molar-refractivity contribution in [1.82, 2.24) is 9.80 Å². The Balaban J connectivity index is 1.39. The first-order valence-electron chi connectivity index (χ1n) is 11.4. The molecule has 0 amide bonds. The second kappa shape index (κ2) is 11.8. The van der Waals surface area contributed by atoms with Crippen LogP contribution < -0.4 is 4.74 Å². The van der Waals surface area contributed by atoms with E-state index >= 15 is 0 Å². The van der Waals surface area contributed by atoms with Gasteiger partial charge in [-0.25, -0.2) is 0 Å². The van der Waals surface area contributed by atoms with Crippen molar-refractivity contribution in [2.24, 2.45) is 5.16 Å². The second-order valence-electron chi connectivity index (χ2n) is 8.59. The van der Waals surface area contributed by atoms with Crippen LogP contribution in [0.4, 0.5) is 0 Å². The van der Waals surface area contributed by atoms with E-state index < -0.39 is 6.10 Å². The van der Waals surface area contributed by atoms with Crippen molar-refractivity contribution >= 4 is 17.3 Å². The minimum absolute atomic E-state index is 0.0723. The predicted octanol–water partition coefficient (Wildman–Crippen LogP) is 3.04. The SMILES string of the molecule is COc1cccc(CN(C[C@H](O)CN2CCOCC2)C[C@@H]2CC(c3ccc(Cl)cc3)=NO2)c1. The van der Waals surface area contributed by atoms with Crippen LogP contribution in [0.2, 0.25) is 5.02 Å². The molecule has 0 radical (unpaired) electrons. The summed E-state index contributed by atoms with van der Waals surface area (Å²) in [4.78, 5) is 10.3. The predicted molar refractivity (Wildman–Crippen MR) is 129 cm³/mol. The summed E-state index contributed by atoms with van der Waals surface area (Å²) in [6, 6.07) is 15.7. The maximum absolute atomic E-state index is 10.8. The van der Waals surface area contributed by atoms with Gasteiger partial charge in [0, 0.05) is 50.7 Å². The molecular formula is C25H32ClN3O4. The van der Waals surface area contributed by atoms with Gasteiger partial charge in [-0.1, -0.05) is 41.0 Å². The summed E-state index contributed by atoms with van der Waals surface area (Å²) in [5.41, 5.74) is 3.07. The number of rotatable bonds is 10. The fraction of sp³-hybridized carbons (Fsp3) is 0.480. The second-order valence-corrected chi connectivity index (χ2v) is 9.03. The molecule has 0 saturated carbocycles. The van der Waals surface area contributed by atoms with Crippen LogP contribution in [0, 0.1) is 0 Å². The van der Waals surface area contributed by atoms with E-state index in [9.17, 15) is 5.11 Å². The topological polar surface area (TPSA) is 66.8 Å². The van der Waals surface area contributed by atoms with Crippen LogP contribution in [0.15, 0.2) is 53.7 Å². The van der Waals surface area contributed by atoms with Crippen molar-refractivity contribution in [1.29, 1.82) is 0 Å². The molecule has 0 aliphatic carbocycles. The molecule has 2 atom stereocenters. The van der Waals surface area contributed by atoms with Crippen LogP contribution >= 0.6 is 11.6 Å². The number of hydrogen-bond acceptors (Lipinski definition) is 7. The molecule has 1 saturated heterocycles. The Kier molecular flexibility index (Phi) is 8.58. The van der Waals surface area contributed by atoms with Crippen LogP contribution in [-0.4, -0.2) is 85.9 Å². The molecule has 33 heavy (non-hydrogen) atoms. The Hall–Kier alpha value is -2.16. The first-order chi connectivity index (χ1) is 16.1. The highest BCUT2D eigenvalue weighted by Gasteiger charge is 2.26. The van der Waals surface area contributed by atoms with Crippen LogP contribution in [-0.2, 0) is 16.1 Å². The number of hydrogen-bond donors (Lipinski definition) is 1. The summed E-state index contributed by atoms with van der Waals surface area (Å²) < 4.78 is 10.8. The number of oxime groups is 1. The monoisotopic (exact) mass is 473 g/mol. The number of ether oxygens (including phenoxy) is 2. The molecule has 1 fully saturated rings. The van der Waals surface area contributed by atoms with Crippen LogP contribution in [0.3, 0.4) is 0 Å². The maximum atomic E-state index is 10.8. The summed E-state index contributed by atoms with van der Waals surface area (Å²) in [5, 5.41) is 15.9. The smallest absolute Gasteiger partial charge is 0.145 e. The van der Waals surface area contributed by atoms with Gasteiger partial charge in [0.25, 0.3) is 0 Å². The molecule has 0 aromatic heterocycles. The highest BCUT2D eigenvalue weighted by atomic mass is 35.5. The molecule has 2 aliphatic heterocycles. The number of aliphatic hydroxyl groups excluding tert-OH is 1. The van der Waals surface area contributed by atoms with Crippen molar-refractivity contribution in [2.75, 3.05) is 53.0 Å². The Morgan fingerprint density at radius 1 is 1.21 bits per heavy atom. The summed E-state index contributed by atoms with van der Waals surface area (Å²) in [6.07, 6.45) is 0.180. The van der Waals surface area contributed by atoms with E-state index in [0.717, 1.165) is 55.3 Å². The van der Waals surface area contributed by atoms with Gasteiger partial charge in [-0.15, -0.1) is 0 Å². The first-order valence-corrected chi connectivity index (χ1v) is 11.8. The van der Waals surface area contributed by atoms with E-state index in [2.05, 4.69) is 21.0 Å². The Bertz CT molecular complexity index is 918. The van der Waals surface area contributed by atoms with Crippen LogP contribution in [0.5, 0.6) is 5.75 Å². The first kappa shape index (κ1) is 24.0. The quantitative estimate of drug-likeness (QED) is 0.572. The van der Waals surface area contributed by atoms with Crippen LogP contribution in [0.1, 0.15) is 17.5 Å². The number of aliphatic hydroxyl groups is 1. The lowest BCUT2D eigenvalue weighted by atomic mass is 10.0. The van der Waals surface area contributed by atoms with E-state index in [4.69, 9.17) is 25.9 Å². The summed E-state index contributed by atoms with van der Waals surface area (Å²) >= 11 is 6.01. The molecule has 178 valence electrons. The molecule has 0 unspecified atom stereocenters. The zero-order valence-corrected chi connectivity index (χ0v) is 19.8. The molecule has 0 bridgehead atoms. The summed E-state index contributed by atoms with van der Waals surface area (Å²) in [6.45, 7) is 5.70. The number of methoxy groups -OCH3 is 1. The van der Waals surface area contributed by atoms with Gasteiger partial charge in [-0.05, 0) is 35.4 Å². The standard InChI is InChI=1S/C25H32ClN3O4/c1-31-23-4-2-3-19(13-23)15-29(17-22(30)16-28-9-11-32-12-10-28)18-24-14-25(27-33-24)20-5-7-21(26)8-6-20/h2-8,13,22,24,30H,9-12,14-18H2,1H3/t22-,24+/m1/s1. The van der Waals surface area contributed by atoms with Gasteiger partial charge in [0.15, 0.2) is 0 Å². The van der Waals surface area contributed by atoms with E-state index in [1.165, 1.54) is 0 Å². The van der Waals surface area contributed by atoms with E-state index in [1.807, 2.05) is 42.5 Å². The molecule has 1 N–H and O–H groups in total. The molecule has 2 aromatic carbocycles. The number of halogens is 1. The van der Waals surface area contributed by atoms with Crippen molar-refractivity contribution in [3.05, 3.63) is 64.7 Å². The largest absolute Gasteiger partial charge is 0.497 e. The number of benzene rings is 2. The lowest BCUT2D eigenvalue weighted by molar-refractivity contribution is -0.00266. The van der Waals surface area contributed by atoms with Gasteiger partial charge in [-0.3, -0.25) is 9.80 Å². The molecule has 0 spiro atoms. The zero-order valence-electron chi connectivity index (χ0n) is 19.0. The third-order valence-corrected chi connectivity index (χ3v) is 6.21. The third kappa shape index (κ3) is 7.16. The lowest BCUT2D eigenvalue weighted by Crippen LogP contribution is -2.45. The molecule has 8 heteroatoms. The maximum Gasteiger partial charge on any atom is 0.145 e. The minimum atomic E-state index is -0.466. The highest BCUT2D eigenvalue weighted by molar-refractivity contribution is 6.30. The van der Waals surface area contributed by atoms with Crippen molar-refractivity contribution in [2.45, 2.75) is 25.2 Å². The zero-order chi connectivity index (χ0) is 23.0. The van der Waals surface area contributed by atoms with Gasteiger partial charge in [0.2, 0.25) is 0 Å². The van der Waals surface area contributed by atoms with Crippen molar-refractivity contribution in [3.8, 4) is 5.75 Å².